The normalized spacial score (nSPS) is 10.5. The van der Waals surface area contributed by atoms with Crippen LogP contribution in [0.1, 0.15) is 11.5 Å². The summed E-state index contributed by atoms with van der Waals surface area (Å²) >= 11 is 0. The smallest absolute Gasteiger partial charge is 0.223 e. The van der Waals surface area contributed by atoms with E-state index < -0.39 is 0 Å². The fourth-order valence-electron chi connectivity index (χ4n) is 1.31. The van der Waals surface area contributed by atoms with E-state index in [1.165, 1.54) is 0 Å². The molecule has 15 heavy (non-hydrogen) atoms. The second kappa shape index (κ2) is 4.20. The van der Waals surface area contributed by atoms with E-state index in [1.54, 1.807) is 6.92 Å². The maximum absolute atomic E-state index is 5.00. The predicted molar refractivity (Wildman–Crippen MR) is 53.4 cm³/mol. The van der Waals surface area contributed by atoms with E-state index in [0.29, 0.717) is 18.3 Å². The number of hydrogen-bond donors (Lipinski definition) is 1. The summed E-state index contributed by atoms with van der Waals surface area (Å²) in [5, 5.41) is 3.83. The molecular weight excluding hydrogens is 194 g/mol. The highest BCUT2D eigenvalue weighted by Gasteiger charge is 2.05. The van der Waals surface area contributed by atoms with Crippen molar-refractivity contribution < 1.29 is 9.36 Å². The number of nitrogens with zero attached hydrogens (tertiary/aromatic N) is 2. The molecule has 78 valence electrons. The van der Waals surface area contributed by atoms with E-state index in [4.69, 9.17) is 10.4 Å². The van der Waals surface area contributed by atoms with Gasteiger partial charge in [-0.3, -0.25) is 4.84 Å². The van der Waals surface area contributed by atoms with E-state index in [-0.39, 0.29) is 0 Å². The Balaban J connectivity index is 2.32. The average Bonchev–Trinajstić information content (AvgIpc) is 2.66. The van der Waals surface area contributed by atoms with E-state index >= 15 is 0 Å². The van der Waals surface area contributed by atoms with E-state index in [9.17, 15) is 0 Å². The molecule has 0 aliphatic rings. The molecule has 2 aromatic rings. The molecule has 2 N–H and O–H groups in total. The first-order valence-corrected chi connectivity index (χ1v) is 4.51. The van der Waals surface area contributed by atoms with E-state index in [0.717, 1.165) is 11.1 Å². The Morgan fingerprint density at radius 1 is 1.47 bits per heavy atom. The van der Waals surface area contributed by atoms with Crippen molar-refractivity contribution in [2.24, 2.45) is 5.90 Å². The Morgan fingerprint density at radius 2 is 2.33 bits per heavy atom. The lowest BCUT2D eigenvalue weighted by Crippen LogP contribution is -1.98. The topological polar surface area (TPSA) is 74.2 Å². The minimum atomic E-state index is 0.366. The minimum Gasteiger partial charge on any atom is -0.339 e. The highest BCUT2D eigenvalue weighted by molar-refractivity contribution is 5.55. The summed E-state index contributed by atoms with van der Waals surface area (Å²) in [7, 11) is 0. The van der Waals surface area contributed by atoms with E-state index in [1.807, 2.05) is 24.3 Å². The van der Waals surface area contributed by atoms with Crippen LogP contribution in [0.15, 0.2) is 28.8 Å². The monoisotopic (exact) mass is 205 g/mol. The van der Waals surface area contributed by atoms with Crippen LogP contribution < -0.4 is 5.90 Å². The molecule has 0 bridgehead atoms. The van der Waals surface area contributed by atoms with Crippen LogP contribution in [0.3, 0.4) is 0 Å². The molecule has 0 saturated carbocycles. The van der Waals surface area contributed by atoms with Gasteiger partial charge in [0.15, 0.2) is 0 Å². The highest BCUT2D eigenvalue weighted by Crippen LogP contribution is 2.17. The van der Waals surface area contributed by atoms with Gasteiger partial charge in [0.25, 0.3) is 0 Å². The van der Waals surface area contributed by atoms with Crippen molar-refractivity contribution in [1.82, 2.24) is 10.1 Å². The fraction of sp³-hybridized carbons (Fsp3) is 0.200. The summed E-state index contributed by atoms with van der Waals surface area (Å²) in [4.78, 5) is 8.69. The van der Waals surface area contributed by atoms with Gasteiger partial charge in [-0.2, -0.15) is 4.98 Å². The third kappa shape index (κ3) is 2.20. The first kappa shape index (κ1) is 9.82. The van der Waals surface area contributed by atoms with Gasteiger partial charge in [0.2, 0.25) is 11.7 Å². The van der Waals surface area contributed by atoms with E-state index in [2.05, 4.69) is 15.0 Å². The first-order valence-electron chi connectivity index (χ1n) is 4.51. The Bertz CT molecular complexity index is 453. The molecule has 0 radical (unpaired) electrons. The summed E-state index contributed by atoms with van der Waals surface area (Å²) in [6.07, 6.45) is 0. The summed E-state index contributed by atoms with van der Waals surface area (Å²) < 4.78 is 4.90. The van der Waals surface area contributed by atoms with Gasteiger partial charge >= 0.3 is 0 Å². The van der Waals surface area contributed by atoms with Crippen molar-refractivity contribution in [2.45, 2.75) is 13.5 Å². The number of nitrogens with two attached hydrogens (primary N) is 1. The molecule has 1 aromatic carbocycles. The third-order valence-electron chi connectivity index (χ3n) is 1.96. The van der Waals surface area contributed by atoms with Crippen molar-refractivity contribution in [2.75, 3.05) is 0 Å². The molecule has 2 rings (SSSR count). The zero-order valence-electron chi connectivity index (χ0n) is 8.30. The minimum absolute atomic E-state index is 0.366. The third-order valence-corrected chi connectivity index (χ3v) is 1.96. The Morgan fingerprint density at radius 3 is 3.00 bits per heavy atom. The molecule has 0 aliphatic heterocycles. The van der Waals surface area contributed by atoms with Gasteiger partial charge in [0, 0.05) is 12.5 Å². The van der Waals surface area contributed by atoms with Crippen molar-refractivity contribution in [3.63, 3.8) is 0 Å². The van der Waals surface area contributed by atoms with Crippen molar-refractivity contribution in [1.29, 1.82) is 0 Å². The number of rotatable bonds is 3. The molecule has 1 aromatic heterocycles. The van der Waals surface area contributed by atoms with Crippen LogP contribution in [0.25, 0.3) is 11.4 Å². The van der Waals surface area contributed by atoms with Crippen LogP contribution >= 0.6 is 0 Å². The summed E-state index contributed by atoms with van der Waals surface area (Å²) in [5.74, 6) is 6.13. The summed E-state index contributed by atoms with van der Waals surface area (Å²) in [5.41, 5.74) is 1.86. The van der Waals surface area contributed by atoms with Gasteiger partial charge < -0.3 is 4.52 Å². The van der Waals surface area contributed by atoms with Crippen LogP contribution in [0.5, 0.6) is 0 Å². The summed E-state index contributed by atoms with van der Waals surface area (Å²) in [6.45, 7) is 2.12. The molecule has 0 unspecified atom stereocenters. The summed E-state index contributed by atoms with van der Waals surface area (Å²) in [6, 6.07) is 7.64. The largest absolute Gasteiger partial charge is 0.339 e. The van der Waals surface area contributed by atoms with Gasteiger partial charge in [-0.15, -0.1) is 0 Å². The van der Waals surface area contributed by atoms with Gasteiger partial charge in [0.1, 0.15) is 0 Å². The van der Waals surface area contributed by atoms with Gasteiger partial charge in [0.05, 0.1) is 6.61 Å². The zero-order valence-corrected chi connectivity index (χ0v) is 8.30. The molecular formula is C10H11N3O2. The van der Waals surface area contributed by atoms with Gasteiger partial charge in [-0.05, 0) is 11.6 Å². The van der Waals surface area contributed by atoms with Gasteiger partial charge in [-0.25, -0.2) is 5.90 Å². The molecule has 0 aliphatic carbocycles. The molecule has 0 atom stereocenters. The SMILES string of the molecule is Cc1nc(-c2cccc(CON)c2)no1. The lowest BCUT2D eigenvalue weighted by Gasteiger charge is -2.00. The van der Waals surface area contributed by atoms with Crippen molar-refractivity contribution in [3.05, 3.63) is 35.7 Å². The van der Waals surface area contributed by atoms with Crippen LogP contribution in [0.4, 0.5) is 0 Å². The lowest BCUT2D eigenvalue weighted by molar-refractivity contribution is 0.124. The molecule has 0 amide bonds. The zero-order chi connectivity index (χ0) is 10.7. The molecule has 5 heteroatoms. The molecule has 5 nitrogen and oxygen atoms in total. The standard InChI is InChI=1S/C10H11N3O2/c1-7-12-10(13-15-7)9-4-2-3-8(5-9)6-14-11/h2-5H,6,11H2,1H3. The first-order chi connectivity index (χ1) is 7.29. The highest BCUT2D eigenvalue weighted by atomic mass is 16.6. The van der Waals surface area contributed by atoms with Crippen molar-refractivity contribution >= 4 is 0 Å². The Hall–Kier alpha value is -1.72. The molecule has 1 heterocycles. The van der Waals surface area contributed by atoms with Crippen LogP contribution in [-0.4, -0.2) is 10.1 Å². The van der Waals surface area contributed by atoms with Gasteiger partial charge in [-0.1, -0.05) is 23.4 Å². The quantitative estimate of drug-likeness (QED) is 0.767. The maximum atomic E-state index is 5.00. The lowest BCUT2D eigenvalue weighted by atomic mass is 10.1. The van der Waals surface area contributed by atoms with Crippen LogP contribution in [-0.2, 0) is 11.4 Å². The Kier molecular flexibility index (Phi) is 2.75. The Labute approximate surface area is 86.8 Å². The van der Waals surface area contributed by atoms with Crippen LogP contribution in [0, 0.1) is 6.92 Å². The number of aryl methyl sites for hydroxylation is 1. The second-order valence-corrected chi connectivity index (χ2v) is 3.15. The maximum Gasteiger partial charge on any atom is 0.223 e. The van der Waals surface area contributed by atoms with Crippen LogP contribution in [0.2, 0.25) is 0 Å². The molecule has 0 spiro atoms. The molecule has 0 saturated heterocycles. The molecule has 0 fully saturated rings. The number of hydrogen-bond acceptors (Lipinski definition) is 5. The number of benzene rings is 1. The second-order valence-electron chi connectivity index (χ2n) is 3.15. The fourth-order valence-corrected chi connectivity index (χ4v) is 1.31. The number of aromatic nitrogens is 2. The average molecular weight is 205 g/mol. The van der Waals surface area contributed by atoms with Crippen molar-refractivity contribution in [3.8, 4) is 11.4 Å². The predicted octanol–water partition coefficient (Wildman–Crippen LogP) is 1.44.